The molecule has 0 bridgehead atoms. The molecule has 9 heteroatoms. The maximum absolute atomic E-state index is 12.4. The van der Waals surface area contributed by atoms with E-state index in [1.165, 1.54) is 19.3 Å². The first kappa shape index (κ1) is 25.5. The molecular weight excluding hydrogens is 382 g/mol. The zero-order chi connectivity index (χ0) is 21.9. The molecule has 0 radical (unpaired) electrons. The number of hydrogen-bond acceptors (Lipinski definition) is 7. The molecular formula is C20H35NO8. The topological polar surface area (TPSA) is 157 Å². The summed E-state index contributed by atoms with van der Waals surface area (Å²) < 4.78 is 4.98. The molecule has 1 unspecified atom stereocenters. The average molecular weight is 417 g/mol. The Balaban J connectivity index is 2.51. The lowest BCUT2D eigenvalue weighted by Crippen LogP contribution is -2.64. The first-order chi connectivity index (χ1) is 13.7. The molecule has 168 valence electrons. The summed E-state index contributed by atoms with van der Waals surface area (Å²) >= 11 is 0. The predicted octanol–water partition coefficient (Wildman–Crippen LogP) is 0.302. The number of aliphatic carboxylic acids is 1. The van der Waals surface area contributed by atoms with Crippen LogP contribution < -0.4 is 5.32 Å². The fourth-order valence-corrected chi connectivity index (χ4v) is 3.14. The number of rotatable bonds is 13. The zero-order valence-electron chi connectivity index (χ0n) is 17.0. The fourth-order valence-electron chi connectivity index (χ4n) is 3.14. The Bertz CT molecular complexity index is 541. The third-order valence-corrected chi connectivity index (χ3v) is 5.05. The van der Waals surface area contributed by atoms with Crippen molar-refractivity contribution in [2.24, 2.45) is 5.92 Å². The molecule has 1 amide bonds. The standard InChI is InChI=1S/C20H35NO8/c1-2-3-4-5-6-7-8-9-10-14(11-16(23)24)19(27)21-13-20(28)18(26)17(25)15(22)12-29-20/h8-9,14-15,17-18,22,25-26,28H,2-7,10-13H2,1H3,(H,21,27)(H,23,24)/b9-8+/t14?,15-,17-,18+,20+/m1/s1. The van der Waals surface area contributed by atoms with E-state index in [1.54, 1.807) is 6.08 Å². The van der Waals surface area contributed by atoms with Crippen LogP contribution in [0.25, 0.3) is 0 Å². The van der Waals surface area contributed by atoms with Gasteiger partial charge in [0.05, 0.1) is 25.5 Å². The van der Waals surface area contributed by atoms with Crippen LogP contribution >= 0.6 is 0 Å². The van der Waals surface area contributed by atoms with Crippen LogP contribution in [0.5, 0.6) is 0 Å². The highest BCUT2D eigenvalue weighted by Gasteiger charge is 2.48. The average Bonchev–Trinajstić information content (AvgIpc) is 2.68. The van der Waals surface area contributed by atoms with E-state index in [0.29, 0.717) is 0 Å². The van der Waals surface area contributed by atoms with Crippen LogP contribution in [0.15, 0.2) is 12.2 Å². The first-order valence-electron chi connectivity index (χ1n) is 10.3. The third kappa shape index (κ3) is 8.79. The molecule has 0 saturated carbocycles. The van der Waals surface area contributed by atoms with Gasteiger partial charge in [0.15, 0.2) is 0 Å². The lowest BCUT2D eigenvalue weighted by molar-refractivity contribution is -0.317. The number of aliphatic hydroxyl groups excluding tert-OH is 3. The molecule has 0 aliphatic carbocycles. The van der Waals surface area contributed by atoms with E-state index in [4.69, 9.17) is 9.84 Å². The van der Waals surface area contributed by atoms with Gasteiger partial charge in [-0.15, -0.1) is 0 Å². The van der Waals surface area contributed by atoms with Crippen molar-refractivity contribution in [3.8, 4) is 0 Å². The van der Waals surface area contributed by atoms with Gasteiger partial charge < -0.3 is 35.6 Å². The van der Waals surface area contributed by atoms with Crippen molar-refractivity contribution in [2.75, 3.05) is 13.2 Å². The fraction of sp³-hybridized carbons (Fsp3) is 0.800. The van der Waals surface area contributed by atoms with E-state index in [2.05, 4.69) is 12.2 Å². The van der Waals surface area contributed by atoms with Crippen LogP contribution in [0.1, 0.15) is 58.3 Å². The maximum atomic E-state index is 12.4. The van der Waals surface area contributed by atoms with Crippen LogP contribution in [-0.2, 0) is 14.3 Å². The molecule has 1 rings (SSSR count). The molecule has 29 heavy (non-hydrogen) atoms. The van der Waals surface area contributed by atoms with Gasteiger partial charge >= 0.3 is 5.97 Å². The second-order valence-corrected chi connectivity index (χ2v) is 7.58. The van der Waals surface area contributed by atoms with E-state index in [-0.39, 0.29) is 12.8 Å². The number of carboxylic acid groups (broad SMARTS) is 1. The number of aliphatic hydroxyl groups is 4. The van der Waals surface area contributed by atoms with Crippen LogP contribution in [-0.4, -0.2) is 74.7 Å². The summed E-state index contributed by atoms with van der Waals surface area (Å²) in [7, 11) is 0. The second kappa shape index (κ2) is 12.9. The molecule has 6 N–H and O–H groups in total. The lowest BCUT2D eigenvalue weighted by Gasteiger charge is -2.41. The van der Waals surface area contributed by atoms with E-state index in [9.17, 15) is 30.0 Å². The minimum Gasteiger partial charge on any atom is -0.481 e. The molecule has 9 nitrogen and oxygen atoms in total. The Morgan fingerprint density at radius 1 is 1.17 bits per heavy atom. The molecule has 1 saturated heterocycles. The number of unbranched alkanes of at least 4 members (excludes halogenated alkanes) is 5. The number of carbonyl (C=O) groups excluding carboxylic acids is 1. The van der Waals surface area contributed by atoms with Crippen molar-refractivity contribution in [1.82, 2.24) is 5.32 Å². The van der Waals surface area contributed by atoms with Crippen molar-refractivity contribution in [2.45, 2.75) is 82.4 Å². The number of carbonyl (C=O) groups is 2. The van der Waals surface area contributed by atoms with E-state index in [1.807, 2.05) is 6.08 Å². The predicted molar refractivity (Wildman–Crippen MR) is 105 cm³/mol. The summed E-state index contributed by atoms with van der Waals surface area (Å²) in [5.41, 5.74) is 0. The zero-order valence-corrected chi connectivity index (χ0v) is 17.0. The van der Waals surface area contributed by atoms with Gasteiger partial charge in [-0.05, 0) is 19.3 Å². The first-order valence-corrected chi connectivity index (χ1v) is 10.3. The monoisotopic (exact) mass is 417 g/mol. The number of amides is 1. The molecule has 1 fully saturated rings. The van der Waals surface area contributed by atoms with Gasteiger partial charge in [-0.25, -0.2) is 0 Å². The van der Waals surface area contributed by atoms with Crippen molar-refractivity contribution in [3.63, 3.8) is 0 Å². The summed E-state index contributed by atoms with van der Waals surface area (Å²) in [5.74, 6) is -4.84. The quantitative estimate of drug-likeness (QED) is 0.185. The summed E-state index contributed by atoms with van der Waals surface area (Å²) in [5, 5.41) is 50.7. The molecule has 0 aromatic carbocycles. The van der Waals surface area contributed by atoms with Gasteiger partial charge in [0, 0.05) is 0 Å². The number of nitrogens with one attached hydrogen (secondary N) is 1. The second-order valence-electron chi connectivity index (χ2n) is 7.58. The van der Waals surface area contributed by atoms with E-state index >= 15 is 0 Å². The highest BCUT2D eigenvalue weighted by Crippen LogP contribution is 2.23. The SMILES string of the molecule is CCCCCCC/C=C/CC(CC(=O)O)C(=O)NC[C@]1(O)OC[C@@H](O)[C@@H](O)[C@@H]1O. The number of ether oxygens (including phenoxy) is 1. The van der Waals surface area contributed by atoms with Crippen LogP contribution in [0, 0.1) is 5.92 Å². The lowest BCUT2D eigenvalue weighted by atomic mass is 9.96. The summed E-state index contributed by atoms with van der Waals surface area (Å²) in [6.45, 7) is 1.19. The van der Waals surface area contributed by atoms with Crippen molar-refractivity contribution in [3.05, 3.63) is 12.2 Å². The van der Waals surface area contributed by atoms with E-state index in [0.717, 1.165) is 19.3 Å². The highest BCUT2D eigenvalue weighted by atomic mass is 16.6. The molecule has 0 aromatic rings. The maximum Gasteiger partial charge on any atom is 0.304 e. The molecule has 0 spiro atoms. The summed E-state index contributed by atoms with van der Waals surface area (Å²) in [6, 6.07) is 0. The molecule has 5 atom stereocenters. The Morgan fingerprint density at radius 3 is 2.52 bits per heavy atom. The smallest absolute Gasteiger partial charge is 0.304 e. The van der Waals surface area contributed by atoms with Gasteiger partial charge in [-0.1, -0.05) is 44.8 Å². The minimum atomic E-state index is -2.27. The third-order valence-electron chi connectivity index (χ3n) is 5.05. The Hall–Kier alpha value is -1.52. The molecule has 0 aromatic heterocycles. The molecule has 1 aliphatic heterocycles. The van der Waals surface area contributed by atoms with Gasteiger partial charge in [-0.2, -0.15) is 0 Å². The minimum absolute atomic E-state index is 0.232. The Morgan fingerprint density at radius 2 is 1.86 bits per heavy atom. The Labute approximate surface area is 171 Å². The summed E-state index contributed by atoms with van der Waals surface area (Å²) in [4.78, 5) is 23.5. The Kier molecular flexibility index (Phi) is 11.4. The van der Waals surface area contributed by atoms with Crippen molar-refractivity contribution >= 4 is 11.9 Å². The molecule has 1 heterocycles. The van der Waals surface area contributed by atoms with Gasteiger partial charge in [-0.3, -0.25) is 9.59 Å². The van der Waals surface area contributed by atoms with Gasteiger partial charge in [0.1, 0.15) is 18.3 Å². The van der Waals surface area contributed by atoms with Gasteiger partial charge in [0.2, 0.25) is 11.7 Å². The number of hydrogen-bond donors (Lipinski definition) is 6. The van der Waals surface area contributed by atoms with Crippen molar-refractivity contribution in [1.29, 1.82) is 0 Å². The van der Waals surface area contributed by atoms with E-state index < -0.39 is 55.0 Å². The van der Waals surface area contributed by atoms with Crippen LogP contribution in [0.2, 0.25) is 0 Å². The van der Waals surface area contributed by atoms with Crippen LogP contribution in [0.4, 0.5) is 0 Å². The number of carboxylic acids is 1. The normalized spacial score (nSPS) is 28.4. The highest BCUT2D eigenvalue weighted by molar-refractivity contribution is 5.83. The summed E-state index contributed by atoms with van der Waals surface area (Å²) in [6.07, 6.45) is 5.41. The van der Waals surface area contributed by atoms with Crippen molar-refractivity contribution < 1.29 is 39.9 Å². The largest absolute Gasteiger partial charge is 0.481 e. The molecule has 1 aliphatic rings. The van der Waals surface area contributed by atoms with Gasteiger partial charge in [0.25, 0.3) is 0 Å². The number of allylic oxidation sites excluding steroid dienone is 2. The van der Waals surface area contributed by atoms with Crippen LogP contribution in [0.3, 0.4) is 0 Å².